The minimum Gasteiger partial charge on any atom is -0.376 e. The van der Waals surface area contributed by atoms with Crippen molar-refractivity contribution in [1.82, 2.24) is 5.32 Å². The Hall–Kier alpha value is -0.560. The summed E-state index contributed by atoms with van der Waals surface area (Å²) in [7, 11) is 0. The lowest BCUT2D eigenvalue weighted by Gasteiger charge is -2.23. The van der Waals surface area contributed by atoms with Gasteiger partial charge in [-0.3, -0.25) is 4.79 Å². The molecule has 0 bridgehead atoms. The smallest absolute Gasteiger partial charge is 0.248 e. The number of ether oxygens (including phenoxy) is 2. The average Bonchev–Trinajstić information content (AvgIpc) is 3.06. The van der Waals surface area contributed by atoms with Gasteiger partial charge in [-0.15, -0.1) is 11.3 Å². The van der Waals surface area contributed by atoms with Crippen LogP contribution in [0.4, 0.5) is 0 Å². The summed E-state index contributed by atoms with van der Waals surface area (Å²) in [6.45, 7) is 3.82. The van der Waals surface area contributed by atoms with Crippen LogP contribution in [0.1, 0.15) is 31.1 Å². The van der Waals surface area contributed by atoms with Gasteiger partial charge in [-0.1, -0.05) is 6.07 Å². The maximum Gasteiger partial charge on any atom is 0.248 e. The van der Waals surface area contributed by atoms with E-state index in [-0.39, 0.29) is 12.0 Å². The third-order valence-corrected chi connectivity index (χ3v) is 5.61. The second-order valence-electron chi connectivity index (χ2n) is 5.39. The number of carbonyl (C=O) groups excluding carboxylic acids is 1. The molecule has 0 unspecified atom stereocenters. The van der Waals surface area contributed by atoms with Gasteiger partial charge in [-0.05, 0) is 37.6 Å². The lowest BCUT2D eigenvalue weighted by atomic mass is 10.1. The molecule has 1 saturated heterocycles. The van der Waals surface area contributed by atoms with Crippen LogP contribution in [0.15, 0.2) is 17.5 Å². The first-order valence-electron chi connectivity index (χ1n) is 7.87. The summed E-state index contributed by atoms with van der Waals surface area (Å²) >= 11 is 3.61. The fourth-order valence-corrected chi connectivity index (χ4v) is 3.92. The van der Waals surface area contributed by atoms with Gasteiger partial charge in [0, 0.05) is 29.5 Å². The molecule has 1 N–H and O–H groups in total. The lowest BCUT2D eigenvalue weighted by molar-refractivity contribution is -0.135. The Morgan fingerprint density at radius 2 is 2.50 bits per heavy atom. The molecule has 1 aliphatic rings. The van der Waals surface area contributed by atoms with Crippen LogP contribution in [-0.4, -0.2) is 43.6 Å². The number of thioether (sulfide) groups is 1. The minimum atomic E-state index is -0.409. The van der Waals surface area contributed by atoms with Crippen LogP contribution in [0, 0.1) is 0 Å². The Morgan fingerprint density at radius 3 is 3.23 bits per heavy atom. The van der Waals surface area contributed by atoms with Crippen molar-refractivity contribution in [3.8, 4) is 0 Å². The van der Waals surface area contributed by atoms with E-state index < -0.39 is 6.10 Å². The number of carbonyl (C=O) groups is 1. The predicted octanol–water partition coefficient (Wildman–Crippen LogP) is 3.07. The van der Waals surface area contributed by atoms with Crippen molar-refractivity contribution >= 4 is 29.0 Å². The number of hydrogen-bond donors (Lipinski definition) is 1. The molecule has 0 aromatic carbocycles. The maximum atomic E-state index is 11.9. The first-order chi connectivity index (χ1) is 10.8. The fourth-order valence-electron chi connectivity index (χ4n) is 2.22. The number of thiophene rings is 1. The van der Waals surface area contributed by atoms with E-state index in [4.69, 9.17) is 9.47 Å². The van der Waals surface area contributed by atoms with Gasteiger partial charge in [0.2, 0.25) is 5.91 Å². The summed E-state index contributed by atoms with van der Waals surface area (Å²) in [5.41, 5.74) is 0. The molecular weight excluding hydrogens is 318 g/mol. The number of amides is 1. The van der Waals surface area contributed by atoms with Crippen molar-refractivity contribution in [2.45, 2.75) is 44.1 Å². The van der Waals surface area contributed by atoms with Crippen molar-refractivity contribution in [3.63, 3.8) is 0 Å². The van der Waals surface area contributed by atoms with E-state index in [9.17, 15) is 4.79 Å². The summed E-state index contributed by atoms with van der Waals surface area (Å²) in [5.74, 6) is 1.90. The first-order valence-corrected chi connectivity index (χ1v) is 9.90. The topological polar surface area (TPSA) is 47.6 Å². The van der Waals surface area contributed by atoms with Gasteiger partial charge in [-0.25, -0.2) is 0 Å². The third kappa shape index (κ3) is 6.69. The highest BCUT2D eigenvalue weighted by Gasteiger charge is 2.18. The predicted molar refractivity (Wildman–Crippen MR) is 92.5 cm³/mol. The van der Waals surface area contributed by atoms with Gasteiger partial charge < -0.3 is 14.8 Å². The molecule has 4 nitrogen and oxygen atoms in total. The molecule has 0 saturated carbocycles. The molecule has 0 aliphatic carbocycles. The van der Waals surface area contributed by atoms with E-state index in [2.05, 4.69) is 22.8 Å². The molecule has 0 spiro atoms. The Kier molecular flexibility index (Phi) is 8.30. The molecule has 1 aromatic rings. The summed E-state index contributed by atoms with van der Waals surface area (Å²) in [6.07, 6.45) is 3.11. The van der Waals surface area contributed by atoms with Gasteiger partial charge in [0.25, 0.3) is 0 Å². The van der Waals surface area contributed by atoms with E-state index in [1.54, 1.807) is 18.3 Å². The van der Waals surface area contributed by atoms with Gasteiger partial charge in [0.05, 0.1) is 12.7 Å². The highest BCUT2D eigenvalue weighted by Crippen LogP contribution is 2.16. The number of rotatable bonds is 9. The Morgan fingerprint density at radius 1 is 1.59 bits per heavy atom. The maximum absolute atomic E-state index is 11.9. The van der Waals surface area contributed by atoms with Crippen LogP contribution < -0.4 is 5.32 Å². The molecule has 2 atom stereocenters. The van der Waals surface area contributed by atoms with E-state index >= 15 is 0 Å². The molecular formula is C16H25NO3S2. The van der Waals surface area contributed by atoms with Crippen LogP contribution in [-0.2, 0) is 20.0 Å². The second kappa shape index (κ2) is 10.3. The molecule has 2 heterocycles. The lowest BCUT2D eigenvalue weighted by Crippen LogP contribution is -2.37. The van der Waals surface area contributed by atoms with Gasteiger partial charge in [-0.2, -0.15) is 11.8 Å². The van der Waals surface area contributed by atoms with Crippen LogP contribution in [0.5, 0.6) is 0 Å². The van der Waals surface area contributed by atoms with E-state index in [1.165, 1.54) is 11.3 Å². The van der Waals surface area contributed by atoms with Crippen LogP contribution in [0.2, 0.25) is 0 Å². The van der Waals surface area contributed by atoms with Crippen LogP contribution in [0.3, 0.4) is 0 Å². The summed E-state index contributed by atoms with van der Waals surface area (Å²) in [6, 6.07) is 4.21. The zero-order chi connectivity index (χ0) is 15.6. The second-order valence-corrected chi connectivity index (χ2v) is 7.52. The van der Waals surface area contributed by atoms with Crippen molar-refractivity contribution < 1.29 is 14.3 Å². The monoisotopic (exact) mass is 343 g/mol. The summed E-state index contributed by atoms with van der Waals surface area (Å²) < 4.78 is 11.2. The molecule has 0 radical (unpaired) electrons. The SMILES string of the molecule is C[C@@H](OC[C@@H]1CCCCO1)C(=O)NCCSCc1cccs1. The molecule has 2 rings (SSSR count). The molecule has 1 fully saturated rings. The minimum absolute atomic E-state index is 0.0347. The largest absolute Gasteiger partial charge is 0.376 e. The Bertz CT molecular complexity index is 419. The molecule has 1 aromatic heterocycles. The van der Waals surface area contributed by atoms with Gasteiger partial charge in [0.15, 0.2) is 0 Å². The first kappa shape index (κ1) is 17.8. The van der Waals surface area contributed by atoms with E-state index in [1.807, 2.05) is 11.8 Å². The molecule has 6 heteroatoms. The zero-order valence-electron chi connectivity index (χ0n) is 13.1. The van der Waals surface area contributed by atoms with Gasteiger partial charge >= 0.3 is 0 Å². The summed E-state index contributed by atoms with van der Waals surface area (Å²) in [5, 5.41) is 5.02. The molecule has 22 heavy (non-hydrogen) atoms. The van der Waals surface area contributed by atoms with Crippen molar-refractivity contribution in [3.05, 3.63) is 22.4 Å². The Labute approximate surface area is 141 Å². The number of hydrogen-bond acceptors (Lipinski definition) is 5. The highest BCUT2D eigenvalue weighted by atomic mass is 32.2. The summed E-state index contributed by atoms with van der Waals surface area (Å²) in [4.78, 5) is 13.3. The normalized spacial score (nSPS) is 19.8. The van der Waals surface area contributed by atoms with Crippen molar-refractivity contribution in [2.75, 3.05) is 25.5 Å². The van der Waals surface area contributed by atoms with E-state index in [0.717, 1.165) is 31.0 Å². The van der Waals surface area contributed by atoms with Crippen LogP contribution >= 0.6 is 23.1 Å². The van der Waals surface area contributed by atoms with Gasteiger partial charge in [0.1, 0.15) is 6.10 Å². The molecule has 1 aliphatic heterocycles. The third-order valence-electron chi connectivity index (χ3n) is 3.55. The fraction of sp³-hybridized carbons (Fsp3) is 0.688. The molecule has 1 amide bonds. The van der Waals surface area contributed by atoms with Crippen LogP contribution in [0.25, 0.3) is 0 Å². The highest BCUT2D eigenvalue weighted by molar-refractivity contribution is 7.98. The van der Waals surface area contributed by atoms with E-state index in [0.29, 0.717) is 13.2 Å². The van der Waals surface area contributed by atoms with Crippen molar-refractivity contribution in [2.24, 2.45) is 0 Å². The standard InChI is InChI=1S/C16H25NO3S2/c1-13(20-11-14-5-2-3-8-19-14)16(18)17-7-10-21-12-15-6-4-9-22-15/h4,6,9,13-14H,2-3,5,7-8,10-12H2,1H3,(H,17,18)/t13-,14+/m1/s1. The van der Waals surface area contributed by atoms with Crippen molar-refractivity contribution in [1.29, 1.82) is 0 Å². The number of nitrogens with one attached hydrogen (secondary N) is 1. The zero-order valence-corrected chi connectivity index (χ0v) is 14.7. The Balaban J connectivity index is 1.50. The quantitative estimate of drug-likeness (QED) is 0.700. The molecule has 124 valence electrons. The average molecular weight is 344 g/mol.